The quantitative estimate of drug-likeness (QED) is 0.866. The molecule has 0 saturated heterocycles. The Morgan fingerprint density at radius 3 is 2.80 bits per heavy atom. The summed E-state index contributed by atoms with van der Waals surface area (Å²) in [7, 11) is 2.03. The fourth-order valence-corrected chi connectivity index (χ4v) is 2.10. The number of hydrogen-bond acceptors (Lipinski definition) is 7. The number of hydrogen-bond donors (Lipinski definition) is 1. The van der Waals surface area contributed by atoms with E-state index in [1.807, 2.05) is 14.0 Å². The van der Waals surface area contributed by atoms with Gasteiger partial charge in [-0.2, -0.15) is 24.7 Å². The number of anilines is 2. The minimum absolute atomic E-state index is 0.481. The molecule has 0 unspecified atom stereocenters. The lowest BCUT2D eigenvalue weighted by atomic mass is 9.92. The maximum Gasteiger partial charge on any atom is 0.258 e. The molecular weight excluding hydrogens is 256 g/mol. The Bertz CT molecular complexity index is 563. The Balaban J connectivity index is 1.95. The zero-order valence-electron chi connectivity index (χ0n) is 11.7. The topological polar surface area (TPSA) is 84.7 Å². The van der Waals surface area contributed by atoms with Gasteiger partial charge in [-0.1, -0.05) is 0 Å². The molecule has 0 bridgehead atoms. The highest BCUT2D eigenvalue weighted by Crippen LogP contribution is 2.26. The predicted octanol–water partition coefficient (Wildman–Crippen LogP) is 0.873. The summed E-state index contributed by atoms with van der Waals surface area (Å²) >= 11 is 0. The van der Waals surface area contributed by atoms with E-state index in [9.17, 15) is 0 Å². The molecule has 1 aliphatic rings. The Hall–Kier alpha value is -2.25. The van der Waals surface area contributed by atoms with Gasteiger partial charge in [-0.25, -0.2) is 4.98 Å². The van der Waals surface area contributed by atoms with E-state index in [-0.39, 0.29) is 0 Å². The summed E-state index contributed by atoms with van der Waals surface area (Å²) in [4.78, 5) is 19.3. The van der Waals surface area contributed by atoms with E-state index >= 15 is 0 Å². The third-order valence-corrected chi connectivity index (χ3v) is 3.51. The van der Waals surface area contributed by atoms with Crippen LogP contribution in [0.5, 0.6) is 0 Å². The molecule has 2 aromatic rings. The van der Waals surface area contributed by atoms with Crippen LogP contribution in [0.3, 0.4) is 0 Å². The van der Waals surface area contributed by atoms with Crippen molar-refractivity contribution in [2.45, 2.75) is 32.2 Å². The molecule has 1 saturated carbocycles. The van der Waals surface area contributed by atoms with Gasteiger partial charge in [0.05, 0.1) is 0 Å². The summed E-state index contributed by atoms with van der Waals surface area (Å²) in [5, 5.41) is 7.20. The molecule has 0 amide bonds. The van der Waals surface area contributed by atoms with Gasteiger partial charge < -0.3 is 10.2 Å². The van der Waals surface area contributed by atoms with Gasteiger partial charge in [0, 0.05) is 19.6 Å². The van der Waals surface area contributed by atoms with Gasteiger partial charge in [0.25, 0.3) is 5.95 Å². The van der Waals surface area contributed by atoms with Gasteiger partial charge in [-0.05, 0) is 26.2 Å². The zero-order valence-corrected chi connectivity index (χ0v) is 11.7. The molecule has 0 atom stereocenters. The third kappa shape index (κ3) is 2.40. The Kier molecular flexibility index (Phi) is 3.44. The predicted molar refractivity (Wildman–Crippen MR) is 74.9 cm³/mol. The van der Waals surface area contributed by atoms with Gasteiger partial charge in [0.2, 0.25) is 11.9 Å². The van der Waals surface area contributed by atoms with Gasteiger partial charge >= 0.3 is 0 Å². The van der Waals surface area contributed by atoms with Crippen molar-refractivity contribution in [3.05, 3.63) is 12.7 Å². The van der Waals surface area contributed by atoms with Crippen LogP contribution in [-0.2, 0) is 0 Å². The first-order valence-corrected chi connectivity index (χ1v) is 6.85. The largest absolute Gasteiger partial charge is 0.354 e. The average molecular weight is 274 g/mol. The van der Waals surface area contributed by atoms with Crippen molar-refractivity contribution in [2.75, 3.05) is 23.8 Å². The molecule has 0 aromatic carbocycles. The van der Waals surface area contributed by atoms with Crippen LogP contribution in [0.1, 0.15) is 26.2 Å². The van der Waals surface area contributed by atoms with Crippen molar-refractivity contribution in [1.82, 2.24) is 29.7 Å². The lowest BCUT2D eigenvalue weighted by Crippen LogP contribution is -2.38. The van der Waals surface area contributed by atoms with Crippen LogP contribution in [0.25, 0.3) is 5.95 Å². The second-order valence-corrected chi connectivity index (χ2v) is 4.83. The average Bonchev–Trinajstić information content (AvgIpc) is 2.90. The van der Waals surface area contributed by atoms with Crippen molar-refractivity contribution in [1.29, 1.82) is 0 Å². The smallest absolute Gasteiger partial charge is 0.258 e. The standard InChI is InChI=1S/C12H18N8/c1-3-14-10-16-11(19(2)9-5-4-6-9)18-12(17-10)20-8-13-7-15-20/h7-9H,3-6H2,1-2H3,(H,14,16,17,18). The first-order chi connectivity index (χ1) is 9.78. The highest BCUT2D eigenvalue weighted by atomic mass is 15.4. The summed E-state index contributed by atoms with van der Waals surface area (Å²) in [6.07, 6.45) is 6.70. The normalized spacial score (nSPS) is 14.9. The second-order valence-electron chi connectivity index (χ2n) is 4.83. The number of aromatic nitrogens is 6. The molecule has 1 fully saturated rings. The van der Waals surface area contributed by atoms with Crippen LogP contribution in [0.2, 0.25) is 0 Å². The summed E-state index contributed by atoms with van der Waals surface area (Å²) in [5.74, 6) is 1.72. The van der Waals surface area contributed by atoms with Gasteiger partial charge in [0.15, 0.2) is 0 Å². The fourth-order valence-electron chi connectivity index (χ4n) is 2.10. The van der Waals surface area contributed by atoms with Gasteiger partial charge in [-0.15, -0.1) is 0 Å². The number of rotatable bonds is 5. The van der Waals surface area contributed by atoms with Crippen LogP contribution in [0.4, 0.5) is 11.9 Å². The SMILES string of the molecule is CCNc1nc(N(C)C2CCC2)nc(-n2cncn2)n1. The molecule has 2 heterocycles. The Morgan fingerprint density at radius 2 is 2.20 bits per heavy atom. The van der Waals surface area contributed by atoms with E-state index in [0.29, 0.717) is 23.9 Å². The zero-order chi connectivity index (χ0) is 13.9. The highest BCUT2D eigenvalue weighted by molar-refractivity contribution is 5.40. The summed E-state index contributed by atoms with van der Waals surface area (Å²) in [6.45, 7) is 2.77. The molecule has 8 heteroatoms. The second kappa shape index (κ2) is 5.40. The molecule has 8 nitrogen and oxygen atoms in total. The van der Waals surface area contributed by atoms with Gasteiger partial charge in [0.1, 0.15) is 12.7 Å². The van der Waals surface area contributed by atoms with E-state index in [2.05, 4.69) is 35.3 Å². The Labute approximate surface area is 117 Å². The van der Waals surface area contributed by atoms with Crippen molar-refractivity contribution in [3.63, 3.8) is 0 Å². The molecule has 106 valence electrons. The first-order valence-electron chi connectivity index (χ1n) is 6.85. The van der Waals surface area contributed by atoms with Crippen LogP contribution in [0.15, 0.2) is 12.7 Å². The molecule has 1 N–H and O–H groups in total. The van der Waals surface area contributed by atoms with Crippen LogP contribution >= 0.6 is 0 Å². The van der Waals surface area contributed by atoms with Crippen molar-refractivity contribution >= 4 is 11.9 Å². The van der Waals surface area contributed by atoms with E-state index < -0.39 is 0 Å². The van der Waals surface area contributed by atoms with E-state index in [0.717, 1.165) is 6.54 Å². The van der Waals surface area contributed by atoms with Crippen LogP contribution in [0, 0.1) is 0 Å². The van der Waals surface area contributed by atoms with Crippen molar-refractivity contribution < 1.29 is 0 Å². The lowest BCUT2D eigenvalue weighted by Gasteiger charge is -2.34. The molecule has 1 aliphatic carbocycles. The Morgan fingerprint density at radius 1 is 1.35 bits per heavy atom. The number of nitrogens with zero attached hydrogens (tertiary/aromatic N) is 7. The van der Waals surface area contributed by atoms with E-state index in [4.69, 9.17) is 0 Å². The van der Waals surface area contributed by atoms with E-state index in [1.54, 1.807) is 11.0 Å². The molecule has 0 spiro atoms. The molecule has 20 heavy (non-hydrogen) atoms. The monoisotopic (exact) mass is 274 g/mol. The summed E-state index contributed by atoms with van der Waals surface area (Å²) < 4.78 is 1.54. The van der Waals surface area contributed by atoms with E-state index in [1.165, 1.54) is 25.6 Å². The molecule has 3 rings (SSSR count). The molecule has 2 aromatic heterocycles. The van der Waals surface area contributed by atoms with Crippen molar-refractivity contribution in [3.8, 4) is 5.95 Å². The van der Waals surface area contributed by atoms with Gasteiger partial charge in [-0.3, -0.25) is 0 Å². The molecule has 0 radical (unpaired) electrons. The molecule has 0 aliphatic heterocycles. The fraction of sp³-hybridized carbons (Fsp3) is 0.583. The lowest BCUT2D eigenvalue weighted by molar-refractivity contribution is 0.397. The first kappa shape index (κ1) is 12.8. The minimum atomic E-state index is 0.481. The van der Waals surface area contributed by atoms with Crippen molar-refractivity contribution in [2.24, 2.45) is 0 Å². The maximum atomic E-state index is 4.49. The maximum absolute atomic E-state index is 4.49. The van der Waals surface area contributed by atoms with Crippen LogP contribution < -0.4 is 10.2 Å². The molecular formula is C12H18N8. The van der Waals surface area contributed by atoms with Crippen LogP contribution in [-0.4, -0.2) is 49.4 Å². The summed E-state index contributed by atoms with van der Waals surface area (Å²) in [5.41, 5.74) is 0. The number of nitrogens with one attached hydrogen (secondary N) is 1. The summed E-state index contributed by atoms with van der Waals surface area (Å²) in [6, 6.07) is 0.524. The highest BCUT2D eigenvalue weighted by Gasteiger charge is 2.25. The third-order valence-electron chi connectivity index (χ3n) is 3.51. The minimum Gasteiger partial charge on any atom is -0.354 e.